The topological polar surface area (TPSA) is 34.9 Å². The molecule has 0 atom stereocenters. The van der Waals surface area contributed by atoms with Gasteiger partial charge in [-0.25, -0.2) is 0 Å². The molecular formula is C12H19BrN2O. The molecule has 0 fully saturated rings. The molecule has 0 radical (unpaired) electrons. The Kier molecular flexibility index (Phi) is 5.19. The molecule has 0 spiro atoms. The highest BCUT2D eigenvalue weighted by Crippen LogP contribution is 2.23. The summed E-state index contributed by atoms with van der Waals surface area (Å²) < 4.78 is 2.94. The van der Waals surface area contributed by atoms with Crippen LogP contribution in [0.1, 0.15) is 45.0 Å². The van der Waals surface area contributed by atoms with E-state index in [0.29, 0.717) is 18.6 Å². The van der Waals surface area contributed by atoms with Crippen molar-refractivity contribution in [1.82, 2.24) is 9.78 Å². The molecular weight excluding hydrogens is 268 g/mol. The summed E-state index contributed by atoms with van der Waals surface area (Å²) in [4.78, 5) is 11.7. The van der Waals surface area contributed by atoms with Crippen LogP contribution in [-0.4, -0.2) is 15.6 Å². The van der Waals surface area contributed by atoms with Gasteiger partial charge in [0.2, 0.25) is 0 Å². The van der Waals surface area contributed by atoms with Gasteiger partial charge < -0.3 is 0 Å². The quantitative estimate of drug-likeness (QED) is 0.805. The average molecular weight is 287 g/mol. The predicted molar refractivity (Wildman–Crippen MR) is 68.6 cm³/mol. The molecule has 1 rings (SSSR count). The third-order valence-corrected chi connectivity index (χ3v) is 3.50. The van der Waals surface area contributed by atoms with Crippen molar-refractivity contribution in [3.63, 3.8) is 0 Å². The number of rotatable bonds is 6. The number of Topliss-reactive ketones (excluding diaryl/α,β-unsaturated/α-hetero) is 1. The molecule has 0 saturated heterocycles. The second-order valence-corrected chi connectivity index (χ2v) is 4.64. The fourth-order valence-electron chi connectivity index (χ4n) is 1.74. The normalized spacial score (nSPS) is 10.8. The van der Waals surface area contributed by atoms with Gasteiger partial charge in [-0.3, -0.25) is 9.48 Å². The van der Waals surface area contributed by atoms with Crippen LogP contribution < -0.4 is 0 Å². The number of nitrogens with zero attached hydrogens (tertiary/aromatic N) is 2. The number of halogens is 1. The second kappa shape index (κ2) is 6.18. The molecule has 16 heavy (non-hydrogen) atoms. The Morgan fingerprint density at radius 1 is 1.38 bits per heavy atom. The van der Waals surface area contributed by atoms with E-state index in [2.05, 4.69) is 28.0 Å². The number of ketones is 1. The molecule has 0 saturated carbocycles. The first-order chi connectivity index (χ1) is 7.63. The number of carbonyl (C=O) groups excluding carboxylic acids is 1. The van der Waals surface area contributed by atoms with Gasteiger partial charge in [-0.05, 0) is 35.7 Å². The van der Waals surface area contributed by atoms with E-state index in [0.717, 1.165) is 35.2 Å². The van der Waals surface area contributed by atoms with Crippen LogP contribution in [0.15, 0.2) is 4.47 Å². The third kappa shape index (κ3) is 2.94. The lowest BCUT2D eigenvalue weighted by molar-refractivity contribution is -0.118. The Hall–Kier alpha value is -0.640. The van der Waals surface area contributed by atoms with Crippen LogP contribution >= 0.6 is 15.9 Å². The van der Waals surface area contributed by atoms with Crippen LogP contribution in [0, 0.1) is 0 Å². The maximum atomic E-state index is 11.7. The Morgan fingerprint density at radius 3 is 2.56 bits per heavy atom. The van der Waals surface area contributed by atoms with Gasteiger partial charge in [-0.2, -0.15) is 5.10 Å². The number of hydrogen-bond donors (Lipinski definition) is 0. The van der Waals surface area contributed by atoms with Crippen LogP contribution in [0.4, 0.5) is 0 Å². The number of aryl methyl sites for hydroxylation is 2. The van der Waals surface area contributed by atoms with Crippen molar-refractivity contribution in [3.8, 4) is 0 Å². The maximum absolute atomic E-state index is 11.7. The molecule has 0 aliphatic carbocycles. The lowest BCUT2D eigenvalue weighted by atomic mass is 10.1. The zero-order valence-corrected chi connectivity index (χ0v) is 11.8. The van der Waals surface area contributed by atoms with E-state index in [1.54, 1.807) is 0 Å². The fourth-order valence-corrected chi connectivity index (χ4v) is 2.44. The molecule has 0 bridgehead atoms. The summed E-state index contributed by atoms with van der Waals surface area (Å²) in [5.41, 5.74) is 2.07. The Bertz CT molecular complexity index is 371. The lowest BCUT2D eigenvalue weighted by Crippen LogP contribution is -2.09. The molecule has 90 valence electrons. The van der Waals surface area contributed by atoms with Crippen molar-refractivity contribution in [2.24, 2.45) is 0 Å². The first-order valence-corrected chi connectivity index (χ1v) is 6.69. The van der Waals surface area contributed by atoms with Gasteiger partial charge in [0.1, 0.15) is 5.78 Å². The summed E-state index contributed by atoms with van der Waals surface area (Å²) in [5.74, 6) is 0.292. The molecule has 1 aromatic rings. The van der Waals surface area contributed by atoms with Crippen molar-refractivity contribution in [2.45, 2.75) is 53.0 Å². The molecule has 0 aromatic carbocycles. The van der Waals surface area contributed by atoms with E-state index in [-0.39, 0.29) is 0 Å². The van der Waals surface area contributed by atoms with Gasteiger partial charge in [-0.15, -0.1) is 0 Å². The highest BCUT2D eigenvalue weighted by atomic mass is 79.9. The Balaban J connectivity index is 2.93. The number of aromatic nitrogens is 2. The summed E-state index contributed by atoms with van der Waals surface area (Å²) in [6.07, 6.45) is 2.96. The molecule has 1 aromatic heterocycles. The molecule has 0 unspecified atom stereocenters. The second-order valence-electron chi connectivity index (χ2n) is 3.84. The zero-order valence-electron chi connectivity index (χ0n) is 10.2. The molecule has 4 heteroatoms. The summed E-state index contributed by atoms with van der Waals surface area (Å²) in [5, 5.41) is 4.48. The van der Waals surface area contributed by atoms with Crippen molar-refractivity contribution >= 4 is 21.7 Å². The van der Waals surface area contributed by atoms with E-state index < -0.39 is 0 Å². The number of carbonyl (C=O) groups is 1. The SMILES string of the molecule is CCCC(=O)Cc1c(Br)c(CC)nn1CC. The van der Waals surface area contributed by atoms with Gasteiger partial charge in [0, 0.05) is 19.4 Å². The zero-order chi connectivity index (χ0) is 12.1. The minimum atomic E-state index is 0.292. The van der Waals surface area contributed by atoms with E-state index >= 15 is 0 Å². The Labute approximate surface area is 105 Å². The first kappa shape index (κ1) is 13.4. The van der Waals surface area contributed by atoms with Gasteiger partial charge >= 0.3 is 0 Å². The van der Waals surface area contributed by atoms with Crippen LogP contribution in [0.3, 0.4) is 0 Å². The smallest absolute Gasteiger partial charge is 0.138 e. The van der Waals surface area contributed by atoms with Crippen LogP contribution in [0.2, 0.25) is 0 Å². The van der Waals surface area contributed by atoms with E-state index in [9.17, 15) is 4.79 Å². The van der Waals surface area contributed by atoms with Gasteiger partial charge in [0.15, 0.2) is 0 Å². The summed E-state index contributed by atoms with van der Waals surface area (Å²) in [7, 11) is 0. The molecule has 0 amide bonds. The highest BCUT2D eigenvalue weighted by Gasteiger charge is 2.16. The minimum absolute atomic E-state index is 0.292. The molecule has 0 aliphatic heterocycles. The first-order valence-electron chi connectivity index (χ1n) is 5.89. The monoisotopic (exact) mass is 286 g/mol. The van der Waals surface area contributed by atoms with Gasteiger partial charge in [0.25, 0.3) is 0 Å². The highest BCUT2D eigenvalue weighted by molar-refractivity contribution is 9.10. The van der Waals surface area contributed by atoms with E-state index in [1.807, 2.05) is 18.5 Å². The van der Waals surface area contributed by atoms with Crippen LogP contribution in [0.25, 0.3) is 0 Å². The summed E-state index contributed by atoms with van der Waals surface area (Å²) >= 11 is 3.55. The molecule has 0 aliphatic rings. The van der Waals surface area contributed by atoms with E-state index in [1.165, 1.54) is 0 Å². The number of hydrogen-bond acceptors (Lipinski definition) is 2. The van der Waals surface area contributed by atoms with Crippen LogP contribution in [-0.2, 0) is 24.2 Å². The van der Waals surface area contributed by atoms with E-state index in [4.69, 9.17) is 0 Å². The van der Waals surface area contributed by atoms with Crippen molar-refractivity contribution < 1.29 is 4.79 Å². The molecule has 3 nitrogen and oxygen atoms in total. The van der Waals surface area contributed by atoms with Crippen LogP contribution in [0.5, 0.6) is 0 Å². The average Bonchev–Trinajstić information content (AvgIpc) is 2.56. The third-order valence-electron chi connectivity index (χ3n) is 2.59. The summed E-state index contributed by atoms with van der Waals surface area (Å²) in [6.45, 7) is 6.96. The fraction of sp³-hybridized carbons (Fsp3) is 0.667. The van der Waals surface area contributed by atoms with Gasteiger partial charge in [0.05, 0.1) is 15.9 Å². The van der Waals surface area contributed by atoms with Crippen molar-refractivity contribution in [3.05, 3.63) is 15.9 Å². The molecule has 0 N–H and O–H groups in total. The maximum Gasteiger partial charge on any atom is 0.138 e. The van der Waals surface area contributed by atoms with Gasteiger partial charge in [-0.1, -0.05) is 13.8 Å². The minimum Gasteiger partial charge on any atom is -0.299 e. The van der Waals surface area contributed by atoms with Crippen molar-refractivity contribution in [2.75, 3.05) is 0 Å². The van der Waals surface area contributed by atoms with Crippen molar-refractivity contribution in [1.29, 1.82) is 0 Å². The standard InChI is InChI=1S/C12H19BrN2O/c1-4-7-9(16)8-11-12(13)10(5-2)14-15(11)6-3/h4-8H2,1-3H3. The predicted octanol–water partition coefficient (Wildman–Crippen LogP) is 3.14. The largest absolute Gasteiger partial charge is 0.299 e. The summed E-state index contributed by atoms with van der Waals surface area (Å²) in [6, 6.07) is 0. The molecule has 1 heterocycles. The Morgan fingerprint density at radius 2 is 2.06 bits per heavy atom. The lowest BCUT2D eigenvalue weighted by Gasteiger charge is -2.04.